The number of hydrogen-bond donors (Lipinski definition) is 1. The minimum atomic E-state index is -0.581. The second-order valence-corrected chi connectivity index (χ2v) is 4.91. The van der Waals surface area contributed by atoms with Crippen molar-refractivity contribution in [3.05, 3.63) is 23.8 Å². The number of carbonyl (C=O) groups excluding carboxylic acids is 1. The monoisotopic (exact) mass is 322 g/mol. The molecule has 0 saturated heterocycles. The molecular formula is C17H26N2O4. The van der Waals surface area contributed by atoms with Crippen LogP contribution in [0.25, 0.3) is 0 Å². The van der Waals surface area contributed by atoms with Gasteiger partial charge in [0.25, 0.3) is 0 Å². The molecule has 0 unspecified atom stereocenters. The van der Waals surface area contributed by atoms with Crippen molar-refractivity contribution < 1.29 is 19.0 Å². The molecule has 0 aromatic heterocycles. The Kier molecular flexibility index (Phi) is 9.28. The van der Waals surface area contributed by atoms with Crippen LogP contribution in [0.4, 0.5) is 4.79 Å². The summed E-state index contributed by atoms with van der Waals surface area (Å²) in [6.07, 6.45) is 5.57. The third-order valence-corrected chi connectivity index (χ3v) is 3.09. The average Bonchev–Trinajstić information content (AvgIpc) is 2.55. The molecular weight excluding hydrogens is 296 g/mol. The second-order valence-electron chi connectivity index (χ2n) is 4.91. The Balaban J connectivity index is 2.54. The molecule has 0 spiro atoms. The quantitative estimate of drug-likeness (QED) is 0.405. The van der Waals surface area contributed by atoms with Gasteiger partial charge >= 0.3 is 6.09 Å². The van der Waals surface area contributed by atoms with Gasteiger partial charge in [0, 0.05) is 0 Å². The molecule has 0 aliphatic rings. The number of benzene rings is 1. The second kappa shape index (κ2) is 11.3. The molecule has 0 atom stereocenters. The molecule has 0 bridgehead atoms. The van der Waals surface area contributed by atoms with Gasteiger partial charge in [0.2, 0.25) is 0 Å². The summed E-state index contributed by atoms with van der Waals surface area (Å²) in [5.74, 6) is 1.35. The Hall–Kier alpha value is -2.24. The highest BCUT2D eigenvalue weighted by Crippen LogP contribution is 2.27. The predicted octanol–water partition coefficient (Wildman–Crippen LogP) is 3.73. The highest BCUT2D eigenvalue weighted by Gasteiger charge is 2.05. The number of hydrogen-bond acceptors (Lipinski definition) is 5. The van der Waals surface area contributed by atoms with Crippen molar-refractivity contribution >= 4 is 12.3 Å². The maximum Gasteiger partial charge on any atom is 0.427 e. The number of hydrazone groups is 1. The van der Waals surface area contributed by atoms with Gasteiger partial charge in [0.15, 0.2) is 11.5 Å². The van der Waals surface area contributed by atoms with Gasteiger partial charge in [-0.25, -0.2) is 10.2 Å². The molecule has 0 saturated carbocycles. The SMILES string of the molecule is CCCCCCOc1ccc(/C=N\NC(=O)OCC)cc1OC. The van der Waals surface area contributed by atoms with E-state index in [1.807, 2.05) is 12.1 Å². The fraction of sp³-hybridized carbons (Fsp3) is 0.529. The van der Waals surface area contributed by atoms with E-state index in [1.165, 1.54) is 25.5 Å². The van der Waals surface area contributed by atoms with Crippen LogP contribution in [0.15, 0.2) is 23.3 Å². The molecule has 6 heteroatoms. The van der Waals surface area contributed by atoms with Crippen LogP contribution in [-0.2, 0) is 4.74 Å². The van der Waals surface area contributed by atoms with Crippen molar-refractivity contribution in [2.75, 3.05) is 20.3 Å². The summed E-state index contributed by atoms with van der Waals surface area (Å²) in [6.45, 7) is 4.89. The van der Waals surface area contributed by atoms with Crippen molar-refractivity contribution in [2.24, 2.45) is 5.10 Å². The van der Waals surface area contributed by atoms with E-state index in [2.05, 4.69) is 17.5 Å². The zero-order valence-corrected chi connectivity index (χ0v) is 14.1. The molecule has 0 radical (unpaired) electrons. The topological polar surface area (TPSA) is 69.2 Å². The summed E-state index contributed by atoms with van der Waals surface area (Å²) < 4.78 is 15.8. The summed E-state index contributed by atoms with van der Waals surface area (Å²) >= 11 is 0. The molecule has 0 heterocycles. The molecule has 6 nitrogen and oxygen atoms in total. The van der Waals surface area contributed by atoms with Crippen molar-refractivity contribution in [3.8, 4) is 11.5 Å². The van der Waals surface area contributed by atoms with Crippen molar-refractivity contribution in [1.29, 1.82) is 0 Å². The Morgan fingerprint density at radius 1 is 1.22 bits per heavy atom. The van der Waals surface area contributed by atoms with E-state index in [-0.39, 0.29) is 0 Å². The Bertz CT molecular complexity index is 503. The van der Waals surface area contributed by atoms with Crippen LogP contribution >= 0.6 is 0 Å². The van der Waals surface area contributed by atoms with Crippen molar-refractivity contribution in [3.63, 3.8) is 0 Å². The maximum absolute atomic E-state index is 11.1. The zero-order chi connectivity index (χ0) is 16.9. The van der Waals surface area contributed by atoms with Crippen LogP contribution in [0.3, 0.4) is 0 Å². The molecule has 0 aliphatic carbocycles. The molecule has 1 amide bonds. The summed E-state index contributed by atoms with van der Waals surface area (Å²) in [5.41, 5.74) is 3.06. The van der Waals surface area contributed by atoms with Gasteiger partial charge in [0.1, 0.15) is 0 Å². The minimum absolute atomic E-state index is 0.305. The van der Waals surface area contributed by atoms with Crippen LogP contribution in [-0.4, -0.2) is 32.6 Å². The van der Waals surface area contributed by atoms with Crippen molar-refractivity contribution in [2.45, 2.75) is 39.5 Å². The lowest BCUT2D eigenvalue weighted by atomic mass is 10.2. The van der Waals surface area contributed by atoms with E-state index in [0.717, 1.165) is 12.0 Å². The number of nitrogens with one attached hydrogen (secondary N) is 1. The normalized spacial score (nSPS) is 10.6. The number of unbranched alkanes of at least 4 members (excludes halogenated alkanes) is 3. The van der Waals surface area contributed by atoms with Gasteiger partial charge in [0.05, 0.1) is 26.5 Å². The molecule has 128 valence electrons. The van der Waals surface area contributed by atoms with E-state index in [4.69, 9.17) is 14.2 Å². The number of nitrogens with zero attached hydrogens (tertiary/aromatic N) is 1. The van der Waals surface area contributed by atoms with Crippen LogP contribution in [0.2, 0.25) is 0 Å². The molecule has 1 N–H and O–H groups in total. The smallest absolute Gasteiger partial charge is 0.427 e. The highest BCUT2D eigenvalue weighted by atomic mass is 16.5. The Morgan fingerprint density at radius 3 is 2.74 bits per heavy atom. The van der Waals surface area contributed by atoms with Gasteiger partial charge in [-0.1, -0.05) is 26.2 Å². The number of methoxy groups -OCH3 is 1. The molecule has 0 aliphatic heterocycles. The van der Waals surface area contributed by atoms with Crippen LogP contribution in [0.1, 0.15) is 45.1 Å². The minimum Gasteiger partial charge on any atom is -0.493 e. The first-order valence-electron chi connectivity index (χ1n) is 7.97. The first kappa shape index (κ1) is 18.8. The Morgan fingerprint density at radius 2 is 2.04 bits per heavy atom. The number of rotatable bonds is 10. The lowest BCUT2D eigenvalue weighted by Crippen LogP contribution is -2.18. The van der Waals surface area contributed by atoms with E-state index >= 15 is 0 Å². The van der Waals surface area contributed by atoms with Crippen LogP contribution in [0.5, 0.6) is 11.5 Å². The maximum atomic E-state index is 11.1. The third-order valence-electron chi connectivity index (χ3n) is 3.09. The number of amides is 1. The van der Waals surface area contributed by atoms with Crippen molar-refractivity contribution in [1.82, 2.24) is 5.43 Å². The molecule has 1 rings (SSSR count). The van der Waals surface area contributed by atoms with E-state index in [9.17, 15) is 4.79 Å². The number of carbonyl (C=O) groups is 1. The first-order chi connectivity index (χ1) is 11.2. The van der Waals surface area contributed by atoms with E-state index in [1.54, 1.807) is 20.1 Å². The van der Waals surface area contributed by atoms with Gasteiger partial charge in [-0.3, -0.25) is 0 Å². The summed E-state index contributed by atoms with van der Waals surface area (Å²) in [6, 6.07) is 5.49. The third kappa shape index (κ3) is 7.54. The standard InChI is InChI=1S/C17H26N2O4/c1-4-6-7-8-11-23-15-10-9-14(12-16(15)21-3)13-18-19-17(20)22-5-2/h9-10,12-13H,4-8,11H2,1-3H3,(H,19,20)/b18-13-. The summed E-state index contributed by atoms with van der Waals surface area (Å²) in [7, 11) is 1.59. The van der Waals surface area contributed by atoms with Gasteiger partial charge in [-0.05, 0) is 37.1 Å². The lowest BCUT2D eigenvalue weighted by Gasteiger charge is -2.11. The van der Waals surface area contributed by atoms with Gasteiger partial charge in [-0.2, -0.15) is 5.10 Å². The van der Waals surface area contributed by atoms with Gasteiger partial charge < -0.3 is 14.2 Å². The fourth-order valence-corrected chi connectivity index (χ4v) is 1.92. The predicted molar refractivity (Wildman–Crippen MR) is 90.4 cm³/mol. The summed E-state index contributed by atoms with van der Waals surface area (Å²) in [5, 5.41) is 3.82. The molecule has 1 aromatic rings. The lowest BCUT2D eigenvalue weighted by molar-refractivity contribution is 0.152. The molecule has 0 fully saturated rings. The average molecular weight is 322 g/mol. The highest BCUT2D eigenvalue weighted by molar-refractivity contribution is 5.82. The van der Waals surface area contributed by atoms with Crippen LogP contribution < -0.4 is 14.9 Å². The number of ether oxygens (including phenoxy) is 3. The van der Waals surface area contributed by atoms with E-state index < -0.39 is 6.09 Å². The summed E-state index contributed by atoms with van der Waals surface area (Å²) in [4.78, 5) is 11.1. The van der Waals surface area contributed by atoms with Gasteiger partial charge in [-0.15, -0.1) is 0 Å². The fourth-order valence-electron chi connectivity index (χ4n) is 1.92. The molecule has 1 aromatic carbocycles. The Labute approximate surface area is 137 Å². The zero-order valence-electron chi connectivity index (χ0n) is 14.1. The van der Waals surface area contributed by atoms with E-state index in [0.29, 0.717) is 24.7 Å². The largest absolute Gasteiger partial charge is 0.493 e. The molecule has 23 heavy (non-hydrogen) atoms. The van der Waals surface area contributed by atoms with Crippen LogP contribution in [0, 0.1) is 0 Å². The first-order valence-corrected chi connectivity index (χ1v) is 7.97.